The maximum absolute atomic E-state index is 13.8. The van der Waals surface area contributed by atoms with Crippen molar-refractivity contribution < 1.29 is 26.7 Å². The van der Waals surface area contributed by atoms with Crippen molar-refractivity contribution in [2.75, 3.05) is 5.32 Å². The van der Waals surface area contributed by atoms with Gasteiger partial charge in [-0.2, -0.15) is 13.2 Å². The normalized spacial score (nSPS) is 19.3. The third kappa shape index (κ3) is 3.85. The van der Waals surface area contributed by atoms with Crippen molar-refractivity contribution in [1.29, 1.82) is 0 Å². The van der Waals surface area contributed by atoms with Gasteiger partial charge in [0.15, 0.2) is 0 Å². The van der Waals surface area contributed by atoms with Crippen LogP contribution < -0.4 is 11.1 Å². The Balaban J connectivity index is 1.75. The molecule has 138 valence electrons. The number of nitrogens with one attached hydrogen (secondary N) is 1. The zero-order chi connectivity index (χ0) is 19.1. The van der Waals surface area contributed by atoms with Crippen molar-refractivity contribution in [3.63, 3.8) is 0 Å². The second kappa shape index (κ2) is 6.68. The lowest BCUT2D eigenvalue weighted by molar-refractivity contribution is -0.137. The third-order valence-corrected chi connectivity index (χ3v) is 4.31. The van der Waals surface area contributed by atoms with Crippen LogP contribution in [0.5, 0.6) is 0 Å². The SMILES string of the molecule is NCc1cc(NC(=O)C2CC2c2ccc(F)cc2F)cc(C(F)(F)F)c1. The number of carbonyl (C=O) groups is 1. The Morgan fingerprint density at radius 1 is 1.15 bits per heavy atom. The van der Waals surface area contributed by atoms with Crippen LogP contribution in [0.25, 0.3) is 0 Å². The molecule has 1 aliphatic rings. The largest absolute Gasteiger partial charge is 0.416 e. The number of hydrogen-bond acceptors (Lipinski definition) is 2. The van der Waals surface area contributed by atoms with E-state index in [1.165, 1.54) is 12.1 Å². The lowest BCUT2D eigenvalue weighted by Crippen LogP contribution is -2.16. The van der Waals surface area contributed by atoms with Crippen molar-refractivity contribution in [3.05, 3.63) is 64.7 Å². The van der Waals surface area contributed by atoms with Gasteiger partial charge in [-0.1, -0.05) is 6.07 Å². The highest BCUT2D eigenvalue weighted by atomic mass is 19.4. The van der Waals surface area contributed by atoms with E-state index in [1.807, 2.05) is 0 Å². The summed E-state index contributed by atoms with van der Waals surface area (Å²) in [6.07, 6.45) is -4.22. The minimum absolute atomic E-state index is 0.0181. The van der Waals surface area contributed by atoms with Gasteiger partial charge in [-0.15, -0.1) is 0 Å². The first-order chi connectivity index (χ1) is 12.2. The van der Waals surface area contributed by atoms with E-state index < -0.39 is 41.1 Å². The molecule has 26 heavy (non-hydrogen) atoms. The van der Waals surface area contributed by atoms with Crippen LogP contribution in [0.15, 0.2) is 36.4 Å². The molecule has 3 N–H and O–H groups in total. The molecule has 0 aliphatic heterocycles. The molecule has 2 unspecified atom stereocenters. The molecule has 1 aliphatic carbocycles. The Bertz CT molecular complexity index is 850. The molecule has 3 nitrogen and oxygen atoms in total. The Hall–Kier alpha value is -2.48. The van der Waals surface area contributed by atoms with E-state index in [-0.39, 0.29) is 23.4 Å². The molecule has 1 amide bonds. The lowest BCUT2D eigenvalue weighted by atomic mass is 10.1. The lowest BCUT2D eigenvalue weighted by Gasteiger charge is -2.12. The van der Waals surface area contributed by atoms with Crippen LogP contribution in [0.3, 0.4) is 0 Å². The van der Waals surface area contributed by atoms with E-state index in [1.54, 1.807) is 0 Å². The average Bonchev–Trinajstić information content (AvgIpc) is 3.34. The quantitative estimate of drug-likeness (QED) is 0.793. The van der Waals surface area contributed by atoms with Gasteiger partial charge >= 0.3 is 6.18 Å². The number of alkyl halides is 3. The van der Waals surface area contributed by atoms with Gasteiger partial charge in [0, 0.05) is 24.2 Å². The number of nitrogens with two attached hydrogens (primary N) is 1. The fourth-order valence-corrected chi connectivity index (χ4v) is 2.91. The summed E-state index contributed by atoms with van der Waals surface area (Å²) in [4.78, 5) is 12.3. The summed E-state index contributed by atoms with van der Waals surface area (Å²) in [5.74, 6) is -2.97. The standard InChI is InChI=1S/C18H15F5N2O/c19-11-1-2-13(16(20)6-11)14-7-15(14)17(26)25-12-4-9(8-24)3-10(5-12)18(21,22)23/h1-6,14-15H,7-8,24H2,(H,25,26). The molecule has 3 rings (SSSR count). The fourth-order valence-electron chi connectivity index (χ4n) is 2.91. The van der Waals surface area contributed by atoms with Crippen molar-refractivity contribution in [1.82, 2.24) is 0 Å². The minimum atomic E-state index is -4.57. The molecule has 1 fully saturated rings. The zero-order valence-electron chi connectivity index (χ0n) is 13.4. The van der Waals surface area contributed by atoms with E-state index in [0.717, 1.165) is 24.3 Å². The summed E-state index contributed by atoms with van der Waals surface area (Å²) in [5.41, 5.74) is 4.93. The Kier molecular flexibility index (Phi) is 4.70. The summed E-state index contributed by atoms with van der Waals surface area (Å²) in [5, 5.41) is 2.43. The fraction of sp³-hybridized carbons (Fsp3) is 0.278. The second-order valence-corrected chi connectivity index (χ2v) is 6.22. The summed E-state index contributed by atoms with van der Waals surface area (Å²) in [7, 11) is 0. The molecule has 0 aromatic heterocycles. The van der Waals surface area contributed by atoms with Crippen LogP contribution in [0, 0.1) is 17.6 Å². The molecule has 0 saturated heterocycles. The predicted molar refractivity (Wildman–Crippen MR) is 85.2 cm³/mol. The van der Waals surface area contributed by atoms with Crippen LogP contribution in [-0.4, -0.2) is 5.91 Å². The predicted octanol–water partition coefficient (Wildman–Crippen LogP) is 4.18. The molecule has 0 spiro atoms. The number of carbonyl (C=O) groups excluding carboxylic acids is 1. The van der Waals surface area contributed by atoms with Crippen molar-refractivity contribution >= 4 is 11.6 Å². The van der Waals surface area contributed by atoms with E-state index in [9.17, 15) is 26.7 Å². The highest BCUT2D eigenvalue weighted by Gasteiger charge is 2.45. The van der Waals surface area contributed by atoms with Gasteiger partial charge in [0.1, 0.15) is 11.6 Å². The Labute approximate surface area is 146 Å². The average molecular weight is 370 g/mol. The van der Waals surface area contributed by atoms with E-state index in [0.29, 0.717) is 6.42 Å². The maximum Gasteiger partial charge on any atom is 0.416 e. The molecule has 2 aromatic carbocycles. The van der Waals surface area contributed by atoms with Crippen LogP contribution in [0.2, 0.25) is 0 Å². The number of hydrogen-bond donors (Lipinski definition) is 2. The van der Waals surface area contributed by atoms with Crippen molar-refractivity contribution in [2.24, 2.45) is 11.7 Å². The van der Waals surface area contributed by atoms with Gasteiger partial charge < -0.3 is 11.1 Å². The second-order valence-electron chi connectivity index (χ2n) is 6.22. The van der Waals surface area contributed by atoms with Crippen LogP contribution in [-0.2, 0) is 17.5 Å². The highest BCUT2D eigenvalue weighted by molar-refractivity contribution is 5.95. The number of anilines is 1. The molecular formula is C18H15F5N2O. The van der Waals surface area contributed by atoms with Crippen LogP contribution >= 0.6 is 0 Å². The molecular weight excluding hydrogens is 355 g/mol. The minimum Gasteiger partial charge on any atom is -0.326 e. The zero-order valence-corrected chi connectivity index (χ0v) is 13.4. The van der Waals surface area contributed by atoms with Crippen LogP contribution in [0.1, 0.15) is 29.0 Å². The molecule has 1 saturated carbocycles. The van der Waals surface area contributed by atoms with Gasteiger partial charge in [-0.05, 0) is 47.7 Å². The Morgan fingerprint density at radius 3 is 2.50 bits per heavy atom. The van der Waals surface area contributed by atoms with Crippen molar-refractivity contribution in [2.45, 2.75) is 25.1 Å². The first-order valence-corrected chi connectivity index (χ1v) is 7.86. The number of halogens is 5. The number of rotatable bonds is 4. The summed E-state index contributed by atoms with van der Waals surface area (Å²) in [6.45, 7) is -0.111. The van der Waals surface area contributed by atoms with Gasteiger partial charge in [0.25, 0.3) is 0 Å². The maximum atomic E-state index is 13.8. The highest BCUT2D eigenvalue weighted by Crippen LogP contribution is 2.49. The summed E-state index contributed by atoms with van der Waals surface area (Å²) in [6, 6.07) is 6.23. The first kappa shape index (κ1) is 18.3. The van der Waals surface area contributed by atoms with Crippen LogP contribution in [0.4, 0.5) is 27.6 Å². The third-order valence-electron chi connectivity index (χ3n) is 4.31. The van der Waals surface area contributed by atoms with Crippen molar-refractivity contribution in [3.8, 4) is 0 Å². The molecule has 0 heterocycles. The van der Waals surface area contributed by atoms with Gasteiger partial charge in [-0.3, -0.25) is 4.79 Å². The monoisotopic (exact) mass is 370 g/mol. The van der Waals surface area contributed by atoms with E-state index >= 15 is 0 Å². The molecule has 2 atom stereocenters. The number of amides is 1. The molecule has 2 aromatic rings. The topological polar surface area (TPSA) is 55.1 Å². The van der Waals surface area contributed by atoms with Gasteiger partial charge in [0.05, 0.1) is 5.56 Å². The van der Waals surface area contributed by atoms with E-state index in [2.05, 4.69) is 5.32 Å². The molecule has 8 heteroatoms. The molecule has 0 bridgehead atoms. The molecule has 0 radical (unpaired) electrons. The Morgan fingerprint density at radius 2 is 1.88 bits per heavy atom. The first-order valence-electron chi connectivity index (χ1n) is 7.86. The summed E-state index contributed by atoms with van der Waals surface area (Å²) >= 11 is 0. The van der Waals surface area contributed by atoms with Gasteiger partial charge in [0.2, 0.25) is 5.91 Å². The smallest absolute Gasteiger partial charge is 0.326 e. The van der Waals surface area contributed by atoms with E-state index in [4.69, 9.17) is 5.73 Å². The van der Waals surface area contributed by atoms with Gasteiger partial charge in [-0.25, -0.2) is 8.78 Å². The number of benzene rings is 2. The summed E-state index contributed by atoms with van der Waals surface area (Å²) < 4.78 is 65.5.